The van der Waals surface area contributed by atoms with Crippen LogP contribution in [0.3, 0.4) is 0 Å². The van der Waals surface area contributed by atoms with Crippen molar-refractivity contribution in [2.45, 2.75) is 67.7 Å². The van der Waals surface area contributed by atoms with Crippen LogP contribution in [0.5, 0.6) is 17.2 Å². The number of carbonyl (C=O) groups is 1. The molecule has 39 heavy (non-hydrogen) atoms. The van der Waals surface area contributed by atoms with Crippen molar-refractivity contribution in [1.82, 2.24) is 9.80 Å². The summed E-state index contributed by atoms with van der Waals surface area (Å²) >= 11 is 18.4. The van der Waals surface area contributed by atoms with E-state index in [1.807, 2.05) is 6.07 Å². The number of amides is 1. The third kappa shape index (κ3) is 3.73. The van der Waals surface area contributed by atoms with Gasteiger partial charge in [0, 0.05) is 31.3 Å². The third-order valence-corrected chi connectivity index (χ3v) is 11.0. The minimum atomic E-state index is -0.999. The number of likely N-dealkylation sites (tertiary alicyclic amines) is 1. The number of hydrogen-bond donors (Lipinski definition) is 2. The van der Waals surface area contributed by atoms with E-state index in [9.17, 15) is 15.0 Å². The largest absolute Gasteiger partial charge is 0.504 e. The van der Waals surface area contributed by atoms with E-state index in [4.69, 9.17) is 44.3 Å². The molecule has 2 saturated carbocycles. The molecule has 2 aromatic rings. The molecule has 2 N–H and O–H groups in total. The molecule has 208 valence electrons. The molecule has 0 unspecified atom stereocenters. The first-order valence-corrected chi connectivity index (χ1v) is 14.8. The smallest absolute Gasteiger partial charge is 0.260 e. The maximum absolute atomic E-state index is 13.4. The Morgan fingerprint density at radius 1 is 1.15 bits per heavy atom. The first kappa shape index (κ1) is 26.0. The number of rotatable bonds is 6. The van der Waals surface area contributed by atoms with Gasteiger partial charge in [-0.3, -0.25) is 9.69 Å². The van der Waals surface area contributed by atoms with E-state index >= 15 is 0 Å². The Kier molecular flexibility index (Phi) is 6.04. The highest BCUT2D eigenvalue weighted by Crippen LogP contribution is 2.66. The molecule has 2 aliphatic heterocycles. The van der Waals surface area contributed by atoms with Crippen molar-refractivity contribution in [3.8, 4) is 17.2 Å². The zero-order valence-electron chi connectivity index (χ0n) is 21.6. The molecule has 0 aromatic heterocycles. The van der Waals surface area contributed by atoms with Gasteiger partial charge in [0.25, 0.3) is 5.91 Å². The molecule has 3 aliphatic carbocycles. The fourth-order valence-electron chi connectivity index (χ4n) is 7.89. The van der Waals surface area contributed by atoms with Gasteiger partial charge in [0.15, 0.2) is 18.1 Å². The quantitative estimate of drug-likeness (QED) is 0.468. The summed E-state index contributed by atoms with van der Waals surface area (Å²) in [5.74, 6) is 1.31. The van der Waals surface area contributed by atoms with Crippen molar-refractivity contribution in [1.29, 1.82) is 0 Å². The predicted octanol–water partition coefficient (Wildman–Crippen LogP) is 4.82. The van der Waals surface area contributed by atoms with Crippen LogP contribution in [0.25, 0.3) is 0 Å². The fraction of sp³-hybridized carbons (Fsp3) is 0.552. The second-order valence-corrected chi connectivity index (χ2v) is 13.1. The lowest BCUT2D eigenvalue weighted by Gasteiger charge is -2.64. The van der Waals surface area contributed by atoms with Gasteiger partial charge in [-0.15, -0.1) is 0 Å². The van der Waals surface area contributed by atoms with Crippen LogP contribution >= 0.6 is 34.8 Å². The van der Waals surface area contributed by atoms with Crippen molar-refractivity contribution < 1.29 is 24.5 Å². The molecule has 5 atom stereocenters. The van der Waals surface area contributed by atoms with Crippen LogP contribution in [0, 0.1) is 5.92 Å². The van der Waals surface area contributed by atoms with Gasteiger partial charge in [-0.25, -0.2) is 0 Å². The minimum absolute atomic E-state index is 0.0111. The molecule has 2 bridgehead atoms. The number of halogens is 3. The van der Waals surface area contributed by atoms with E-state index in [-0.39, 0.29) is 46.1 Å². The van der Waals surface area contributed by atoms with Gasteiger partial charge in [0.05, 0.1) is 32.1 Å². The van der Waals surface area contributed by atoms with Crippen LogP contribution in [0.4, 0.5) is 0 Å². The molecule has 1 spiro atoms. The molecule has 1 amide bonds. The van der Waals surface area contributed by atoms with Crippen molar-refractivity contribution in [2.24, 2.45) is 5.92 Å². The minimum Gasteiger partial charge on any atom is -0.504 e. The van der Waals surface area contributed by atoms with Crippen molar-refractivity contribution in [2.75, 3.05) is 26.7 Å². The molecule has 7 rings (SSSR count). The van der Waals surface area contributed by atoms with Crippen LogP contribution in [0.1, 0.15) is 43.2 Å². The SMILES string of the molecule is CN(C(=O)COc1cc(Cl)c(Cl)cc1Cl)[C@@H]1CC[C@@]2(O)[C@H]3Cc4ccc(O)c5c4[C@@]2(CCN3CC2CC2)[C@H]1O5. The van der Waals surface area contributed by atoms with E-state index in [0.717, 1.165) is 43.0 Å². The number of carbonyl (C=O) groups excluding carboxylic acids is 1. The average molecular weight is 594 g/mol. The summed E-state index contributed by atoms with van der Waals surface area (Å²) in [7, 11) is 1.75. The number of phenols is 1. The monoisotopic (exact) mass is 592 g/mol. The maximum Gasteiger partial charge on any atom is 0.260 e. The van der Waals surface area contributed by atoms with Crippen molar-refractivity contribution >= 4 is 40.7 Å². The molecule has 0 radical (unpaired) electrons. The highest BCUT2D eigenvalue weighted by molar-refractivity contribution is 6.43. The van der Waals surface area contributed by atoms with E-state index < -0.39 is 17.1 Å². The zero-order valence-corrected chi connectivity index (χ0v) is 23.9. The lowest BCUT2D eigenvalue weighted by atomic mass is 9.48. The lowest BCUT2D eigenvalue weighted by Crippen LogP contribution is -2.78. The number of phenolic OH excluding ortho intramolecular Hbond substituents is 1. The Bertz CT molecular complexity index is 1370. The number of aliphatic hydroxyl groups is 1. The molecule has 5 aliphatic rings. The van der Waals surface area contributed by atoms with Crippen LogP contribution in [0.15, 0.2) is 24.3 Å². The maximum atomic E-state index is 13.4. The van der Waals surface area contributed by atoms with E-state index in [0.29, 0.717) is 23.6 Å². The lowest BCUT2D eigenvalue weighted by molar-refractivity contribution is -0.200. The average Bonchev–Trinajstić information content (AvgIpc) is 3.65. The van der Waals surface area contributed by atoms with Crippen LogP contribution < -0.4 is 9.47 Å². The van der Waals surface area contributed by atoms with Gasteiger partial charge in [-0.1, -0.05) is 40.9 Å². The van der Waals surface area contributed by atoms with Gasteiger partial charge in [-0.2, -0.15) is 0 Å². The Hall–Kier alpha value is -1.90. The normalized spacial score (nSPS) is 32.4. The standard InChI is InChI=1S/C29H31Cl3N2O5/c1-33(24(36)14-38-22-12-18(31)17(30)11-19(22)32)20-6-7-29(37)23-10-16-4-5-21(35)26-25(16)28(29,27(20)39-26)8-9-34(23)13-15-2-3-15/h4-5,11-12,15,20,23,27,35,37H,2-3,6-10,13-14H2,1H3/t20-,23-,27+,28+,29-/m1/s1. The summed E-state index contributed by atoms with van der Waals surface area (Å²) in [6, 6.07) is 6.35. The molecule has 7 nitrogen and oxygen atoms in total. The Labute approximate surface area is 242 Å². The Balaban J connectivity index is 1.20. The van der Waals surface area contributed by atoms with Gasteiger partial charge in [0.2, 0.25) is 0 Å². The molecular weight excluding hydrogens is 563 g/mol. The number of hydrogen-bond acceptors (Lipinski definition) is 6. The predicted molar refractivity (Wildman–Crippen MR) is 148 cm³/mol. The number of ether oxygens (including phenoxy) is 2. The summed E-state index contributed by atoms with van der Waals surface area (Å²) in [5, 5.41) is 24.3. The molecule has 10 heteroatoms. The second kappa shape index (κ2) is 9.05. The summed E-state index contributed by atoms with van der Waals surface area (Å²) in [6.07, 6.45) is 4.63. The van der Waals surface area contributed by atoms with Crippen LogP contribution in [-0.4, -0.2) is 76.5 Å². The summed E-state index contributed by atoms with van der Waals surface area (Å²) in [5.41, 5.74) is 0.390. The molecule has 2 aromatic carbocycles. The first-order chi connectivity index (χ1) is 18.6. The summed E-state index contributed by atoms with van der Waals surface area (Å²) in [6.45, 7) is 1.64. The fourth-order valence-corrected chi connectivity index (χ4v) is 8.48. The summed E-state index contributed by atoms with van der Waals surface area (Å²) < 4.78 is 12.3. The van der Waals surface area contributed by atoms with Crippen molar-refractivity contribution in [3.05, 3.63) is 50.5 Å². The molecule has 2 heterocycles. The number of likely N-dealkylation sites (N-methyl/N-ethyl adjacent to an activating group) is 1. The van der Waals surface area contributed by atoms with Crippen LogP contribution in [0.2, 0.25) is 15.1 Å². The first-order valence-electron chi connectivity index (χ1n) is 13.7. The van der Waals surface area contributed by atoms with E-state index in [1.54, 1.807) is 18.0 Å². The van der Waals surface area contributed by atoms with E-state index in [1.165, 1.54) is 25.0 Å². The highest BCUT2D eigenvalue weighted by atomic mass is 35.5. The number of benzene rings is 2. The van der Waals surface area contributed by atoms with Gasteiger partial charge in [-0.05, 0) is 68.7 Å². The Morgan fingerprint density at radius 3 is 2.69 bits per heavy atom. The second-order valence-electron chi connectivity index (χ2n) is 11.9. The van der Waals surface area contributed by atoms with E-state index in [2.05, 4.69) is 4.90 Å². The van der Waals surface area contributed by atoms with Gasteiger partial charge in [0.1, 0.15) is 11.9 Å². The molecule has 1 saturated heterocycles. The molecular formula is C29H31Cl3N2O5. The molecule has 3 fully saturated rings. The number of nitrogens with zero attached hydrogens (tertiary/aromatic N) is 2. The zero-order chi connectivity index (χ0) is 27.3. The summed E-state index contributed by atoms with van der Waals surface area (Å²) in [4.78, 5) is 17.6. The van der Waals surface area contributed by atoms with Gasteiger partial charge < -0.3 is 24.6 Å². The third-order valence-electron chi connectivity index (χ3n) is 9.95. The Morgan fingerprint density at radius 2 is 1.92 bits per heavy atom. The number of aromatic hydroxyl groups is 1. The van der Waals surface area contributed by atoms with Gasteiger partial charge >= 0.3 is 0 Å². The highest BCUT2D eigenvalue weighted by Gasteiger charge is 2.73. The number of piperidine rings is 1. The van der Waals surface area contributed by atoms with Crippen molar-refractivity contribution in [3.63, 3.8) is 0 Å². The topological polar surface area (TPSA) is 82.5 Å². The van der Waals surface area contributed by atoms with Crippen LogP contribution in [-0.2, 0) is 16.6 Å².